The van der Waals surface area contributed by atoms with Crippen molar-refractivity contribution in [3.63, 3.8) is 0 Å². The Morgan fingerprint density at radius 1 is 0.525 bits per heavy atom. The topological polar surface area (TPSA) is 289 Å². The van der Waals surface area contributed by atoms with Crippen LogP contribution in [0.2, 0.25) is 0 Å². The summed E-state index contributed by atoms with van der Waals surface area (Å²) in [6, 6.07) is 0. The molecule has 0 bridgehead atoms. The first-order valence-corrected chi connectivity index (χ1v) is 13.4. The molecule has 15 unspecified atom stereocenters. The molecule has 17 nitrogen and oxygen atoms in total. The van der Waals surface area contributed by atoms with Gasteiger partial charge in [0.05, 0.1) is 13.2 Å². The van der Waals surface area contributed by atoms with Crippen molar-refractivity contribution < 1.29 is 74.4 Å². The molecule has 0 spiro atoms. The molecule has 0 aromatic heterocycles. The van der Waals surface area contributed by atoms with E-state index in [-0.39, 0.29) is 13.2 Å². The van der Waals surface area contributed by atoms with Gasteiger partial charge in [0.1, 0.15) is 73.2 Å². The summed E-state index contributed by atoms with van der Waals surface area (Å²) in [6.07, 6.45) is -20.9. The minimum Gasteiger partial charge on any atom is -0.394 e. The van der Waals surface area contributed by atoms with E-state index in [0.717, 1.165) is 12.8 Å². The van der Waals surface area contributed by atoms with Crippen LogP contribution in [0, 0.1) is 0 Å². The van der Waals surface area contributed by atoms with E-state index in [4.69, 9.17) is 39.9 Å². The predicted molar refractivity (Wildman–Crippen MR) is 130 cm³/mol. The highest BCUT2D eigenvalue weighted by Gasteiger charge is 2.53. The molecular formula is C23H44N2O15. The van der Waals surface area contributed by atoms with Gasteiger partial charge in [0, 0.05) is 13.2 Å². The monoisotopic (exact) mass is 588 g/mol. The highest BCUT2D eigenvalue weighted by Crippen LogP contribution is 2.32. The van der Waals surface area contributed by atoms with Crippen molar-refractivity contribution in [2.45, 2.75) is 111 Å². The second kappa shape index (κ2) is 15.7. The third-order valence-corrected chi connectivity index (χ3v) is 7.26. The van der Waals surface area contributed by atoms with E-state index in [1.54, 1.807) is 0 Å². The van der Waals surface area contributed by atoms with Gasteiger partial charge in [-0.2, -0.15) is 0 Å². The van der Waals surface area contributed by atoms with Crippen LogP contribution in [-0.2, 0) is 28.4 Å². The largest absolute Gasteiger partial charge is 0.394 e. The van der Waals surface area contributed by atoms with E-state index in [0.29, 0.717) is 13.0 Å². The number of aliphatic hydroxyl groups is 9. The van der Waals surface area contributed by atoms with Crippen molar-refractivity contribution in [2.75, 3.05) is 32.9 Å². The summed E-state index contributed by atoms with van der Waals surface area (Å²) in [5, 5.41) is 92.3. The molecule has 3 heterocycles. The maximum atomic E-state index is 10.8. The molecular weight excluding hydrogens is 544 g/mol. The first kappa shape index (κ1) is 33.8. The first-order valence-electron chi connectivity index (χ1n) is 13.4. The van der Waals surface area contributed by atoms with Gasteiger partial charge in [-0.3, -0.25) is 0 Å². The van der Waals surface area contributed by atoms with Gasteiger partial charge in [0.15, 0.2) is 18.9 Å². The van der Waals surface area contributed by atoms with Crippen molar-refractivity contribution in [3.8, 4) is 0 Å². The standard InChI is InChI=1S/C23H44N2O15/c24-4-2-1-3-5-35-21-17(33)14(30)19(9(6-25)36-21)39-23-18(34)15(31)20(11(8-27)38-23)40-22-16(32)13(29)12(28)10(7-26)37-22/h9-23,26-34H,1-8,24-25H2. The highest BCUT2D eigenvalue weighted by atomic mass is 16.8. The maximum absolute atomic E-state index is 10.8. The minimum atomic E-state index is -1.85. The van der Waals surface area contributed by atoms with Gasteiger partial charge in [-0.15, -0.1) is 0 Å². The lowest BCUT2D eigenvalue weighted by atomic mass is 9.96. The lowest BCUT2D eigenvalue weighted by molar-refractivity contribution is -0.377. The molecule has 3 aliphatic rings. The molecule has 0 saturated carbocycles. The highest BCUT2D eigenvalue weighted by molar-refractivity contribution is 4.96. The van der Waals surface area contributed by atoms with Crippen molar-refractivity contribution >= 4 is 0 Å². The van der Waals surface area contributed by atoms with E-state index in [2.05, 4.69) is 0 Å². The lowest BCUT2D eigenvalue weighted by Crippen LogP contribution is -2.66. The summed E-state index contributed by atoms with van der Waals surface area (Å²) in [4.78, 5) is 0. The van der Waals surface area contributed by atoms with Crippen LogP contribution in [0.5, 0.6) is 0 Å². The Hall–Kier alpha value is -0.680. The molecule has 0 aromatic carbocycles. The number of hydrogen-bond donors (Lipinski definition) is 11. The molecule has 0 amide bonds. The molecule has 3 rings (SSSR count). The van der Waals surface area contributed by atoms with Crippen LogP contribution >= 0.6 is 0 Å². The Morgan fingerprint density at radius 3 is 1.57 bits per heavy atom. The van der Waals surface area contributed by atoms with Gasteiger partial charge in [-0.1, -0.05) is 0 Å². The maximum Gasteiger partial charge on any atom is 0.187 e. The van der Waals surface area contributed by atoms with Crippen molar-refractivity contribution in [3.05, 3.63) is 0 Å². The normalized spacial score (nSPS) is 46.4. The summed E-state index contributed by atoms with van der Waals surface area (Å²) in [5.41, 5.74) is 11.2. The van der Waals surface area contributed by atoms with E-state index < -0.39 is 105 Å². The lowest BCUT2D eigenvalue weighted by Gasteiger charge is -2.48. The van der Waals surface area contributed by atoms with Gasteiger partial charge >= 0.3 is 0 Å². The van der Waals surface area contributed by atoms with Gasteiger partial charge in [-0.05, 0) is 25.8 Å². The second-order valence-corrected chi connectivity index (χ2v) is 10.1. The van der Waals surface area contributed by atoms with E-state index in [9.17, 15) is 46.0 Å². The van der Waals surface area contributed by atoms with Crippen molar-refractivity contribution in [2.24, 2.45) is 11.5 Å². The third-order valence-electron chi connectivity index (χ3n) is 7.26. The molecule has 0 radical (unpaired) electrons. The summed E-state index contributed by atoms with van der Waals surface area (Å²) in [5.74, 6) is 0. The number of aliphatic hydroxyl groups excluding tert-OH is 9. The summed E-state index contributed by atoms with van der Waals surface area (Å²) >= 11 is 0. The molecule has 0 aromatic rings. The van der Waals surface area contributed by atoms with E-state index >= 15 is 0 Å². The molecule has 3 saturated heterocycles. The minimum absolute atomic E-state index is 0.181. The molecule has 3 fully saturated rings. The van der Waals surface area contributed by atoms with E-state index in [1.807, 2.05) is 0 Å². The van der Waals surface area contributed by atoms with Crippen LogP contribution in [0.1, 0.15) is 19.3 Å². The predicted octanol–water partition coefficient (Wildman–Crippen LogP) is -6.45. The average Bonchev–Trinajstić information content (AvgIpc) is 2.95. The Bertz CT molecular complexity index is 736. The fourth-order valence-electron chi connectivity index (χ4n) is 4.85. The SMILES string of the molecule is NCCCCCOC1OC(CN)C(OC2OC(CO)C(OC3OC(CO)C(O)C(O)C3O)C(O)C2O)C(O)C1O. The zero-order valence-electron chi connectivity index (χ0n) is 21.9. The van der Waals surface area contributed by atoms with Gasteiger partial charge in [-0.25, -0.2) is 0 Å². The van der Waals surface area contributed by atoms with Crippen LogP contribution in [0.15, 0.2) is 0 Å². The molecule has 3 aliphatic heterocycles. The molecule has 40 heavy (non-hydrogen) atoms. The quantitative estimate of drug-likeness (QED) is 0.0891. The van der Waals surface area contributed by atoms with Gasteiger partial charge in [0.25, 0.3) is 0 Å². The van der Waals surface area contributed by atoms with Gasteiger partial charge < -0.3 is 85.8 Å². The molecule has 15 atom stereocenters. The Kier molecular flexibility index (Phi) is 13.3. The van der Waals surface area contributed by atoms with Crippen molar-refractivity contribution in [1.82, 2.24) is 0 Å². The number of rotatable bonds is 13. The average molecular weight is 589 g/mol. The summed E-state index contributed by atoms with van der Waals surface area (Å²) < 4.78 is 33.3. The number of nitrogens with two attached hydrogens (primary N) is 2. The third kappa shape index (κ3) is 7.63. The van der Waals surface area contributed by atoms with Crippen LogP contribution in [-0.4, -0.2) is 171 Å². The molecule has 13 N–H and O–H groups in total. The number of unbranched alkanes of at least 4 members (excludes halogenated alkanes) is 2. The molecule has 0 aliphatic carbocycles. The van der Waals surface area contributed by atoms with Crippen LogP contribution in [0.3, 0.4) is 0 Å². The second-order valence-electron chi connectivity index (χ2n) is 10.1. The number of ether oxygens (including phenoxy) is 6. The van der Waals surface area contributed by atoms with Crippen LogP contribution in [0.4, 0.5) is 0 Å². The van der Waals surface area contributed by atoms with Gasteiger partial charge in [0.2, 0.25) is 0 Å². The fourth-order valence-corrected chi connectivity index (χ4v) is 4.85. The zero-order chi connectivity index (χ0) is 29.6. The first-order chi connectivity index (χ1) is 19.1. The Morgan fingerprint density at radius 2 is 1.02 bits per heavy atom. The number of hydrogen-bond acceptors (Lipinski definition) is 17. The smallest absolute Gasteiger partial charge is 0.187 e. The summed E-state index contributed by atoms with van der Waals surface area (Å²) in [7, 11) is 0. The van der Waals surface area contributed by atoms with Crippen LogP contribution in [0.25, 0.3) is 0 Å². The summed E-state index contributed by atoms with van der Waals surface area (Å²) in [6.45, 7) is -0.910. The fraction of sp³-hybridized carbons (Fsp3) is 1.00. The van der Waals surface area contributed by atoms with Crippen LogP contribution < -0.4 is 11.5 Å². The van der Waals surface area contributed by atoms with E-state index in [1.165, 1.54) is 0 Å². The molecule has 17 heteroatoms. The van der Waals surface area contributed by atoms with Crippen molar-refractivity contribution in [1.29, 1.82) is 0 Å². The Balaban J connectivity index is 1.64. The molecule has 236 valence electrons. The Labute approximate surface area is 230 Å². The zero-order valence-corrected chi connectivity index (χ0v) is 21.9.